The van der Waals surface area contributed by atoms with Crippen molar-refractivity contribution in [2.45, 2.75) is 26.9 Å². The molecule has 126 valence electrons. The van der Waals surface area contributed by atoms with Crippen LogP contribution in [0.2, 0.25) is 0 Å². The third kappa shape index (κ3) is 3.29. The van der Waals surface area contributed by atoms with E-state index in [-0.39, 0.29) is 18.2 Å². The summed E-state index contributed by atoms with van der Waals surface area (Å²) < 4.78 is 15.2. The van der Waals surface area contributed by atoms with Crippen LogP contribution in [0, 0.1) is 19.7 Å². The second-order valence-corrected chi connectivity index (χ2v) is 5.65. The first kappa shape index (κ1) is 18.0. The Labute approximate surface area is 147 Å². The Hall–Kier alpha value is -2.33. The molecule has 0 aliphatic carbocycles. The minimum absolute atomic E-state index is 0. The first-order valence-electron chi connectivity index (χ1n) is 7.65. The van der Waals surface area contributed by atoms with Crippen molar-refractivity contribution in [3.63, 3.8) is 0 Å². The summed E-state index contributed by atoms with van der Waals surface area (Å²) in [6.45, 7) is 9.43. The van der Waals surface area contributed by atoms with Gasteiger partial charge in [-0.25, -0.2) is 9.37 Å². The van der Waals surface area contributed by atoms with E-state index in [9.17, 15) is 4.39 Å². The van der Waals surface area contributed by atoms with Crippen LogP contribution >= 0.6 is 12.4 Å². The SMILES string of the molecule is C=CCn1c(C)c(C)c2ccnc(NCc3ccc(F)cc3)c21.Cl. The molecule has 2 aromatic heterocycles. The lowest BCUT2D eigenvalue weighted by Crippen LogP contribution is -2.05. The van der Waals surface area contributed by atoms with Crippen LogP contribution in [-0.4, -0.2) is 9.55 Å². The number of aryl methyl sites for hydroxylation is 1. The number of allylic oxidation sites excluding steroid dienone is 1. The van der Waals surface area contributed by atoms with Gasteiger partial charge in [0.1, 0.15) is 5.82 Å². The van der Waals surface area contributed by atoms with Crippen molar-refractivity contribution in [2.75, 3.05) is 5.32 Å². The Morgan fingerprint density at radius 1 is 1.21 bits per heavy atom. The monoisotopic (exact) mass is 345 g/mol. The average Bonchev–Trinajstić information content (AvgIpc) is 2.80. The van der Waals surface area contributed by atoms with Crippen LogP contribution in [-0.2, 0) is 13.1 Å². The molecule has 2 heterocycles. The van der Waals surface area contributed by atoms with Gasteiger partial charge in [-0.15, -0.1) is 19.0 Å². The molecule has 0 aliphatic rings. The topological polar surface area (TPSA) is 29.9 Å². The maximum atomic E-state index is 13.0. The fourth-order valence-electron chi connectivity index (χ4n) is 2.87. The number of halogens is 2. The lowest BCUT2D eigenvalue weighted by Gasteiger charge is -2.11. The summed E-state index contributed by atoms with van der Waals surface area (Å²) >= 11 is 0. The van der Waals surface area contributed by atoms with Crippen LogP contribution in [0.4, 0.5) is 10.2 Å². The van der Waals surface area contributed by atoms with Gasteiger partial charge in [-0.05, 0) is 43.2 Å². The van der Waals surface area contributed by atoms with Gasteiger partial charge in [0.05, 0.1) is 5.52 Å². The summed E-state index contributed by atoms with van der Waals surface area (Å²) in [5.41, 5.74) is 4.58. The molecule has 0 saturated heterocycles. The number of nitrogens with zero attached hydrogens (tertiary/aromatic N) is 2. The molecule has 0 spiro atoms. The third-order valence-corrected chi connectivity index (χ3v) is 4.23. The molecule has 5 heteroatoms. The fraction of sp³-hybridized carbons (Fsp3) is 0.211. The maximum absolute atomic E-state index is 13.0. The quantitative estimate of drug-likeness (QED) is 0.658. The van der Waals surface area contributed by atoms with E-state index in [1.54, 1.807) is 12.1 Å². The number of rotatable bonds is 5. The first-order valence-corrected chi connectivity index (χ1v) is 7.65. The summed E-state index contributed by atoms with van der Waals surface area (Å²) in [5.74, 6) is 0.616. The molecule has 3 rings (SSSR count). The molecule has 0 fully saturated rings. The Balaban J connectivity index is 0.00000208. The normalized spacial score (nSPS) is 10.5. The van der Waals surface area contributed by atoms with Gasteiger partial charge in [0.15, 0.2) is 5.82 Å². The zero-order chi connectivity index (χ0) is 16.4. The number of anilines is 1. The summed E-state index contributed by atoms with van der Waals surface area (Å²) in [4.78, 5) is 4.50. The van der Waals surface area contributed by atoms with Gasteiger partial charge in [0.2, 0.25) is 0 Å². The number of hydrogen-bond donors (Lipinski definition) is 1. The van der Waals surface area contributed by atoms with Gasteiger partial charge >= 0.3 is 0 Å². The molecule has 3 aromatic rings. The van der Waals surface area contributed by atoms with Crippen molar-refractivity contribution in [1.82, 2.24) is 9.55 Å². The highest BCUT2D eigenvalue weighted by Gasteiger charge is 2.14. The van der Waals surface area contributed by atoms with Gasteiger partial charge in [-0.1, -0.05) is 18.2 Å². The lowest BCUT2D eigenvalue weighted by molar-refractivity contribution is 0.627. The van der Waals surface area contributed by atoms with E-state index in [0.29, 0.717) is 6.54 Å². The number of hydrogen-bond acceptors (Lipinski definition) is 2. The molecule has 24 heavy (non-hydrogen) atoms. The molecule has 0 bridgehead atoms. The van der Waals surface area contributed by atoms with Crippen molar-refractivity contribution in [2.24, 2.45) is 0 Å². The molecular formula is C19H21ClFN3. The molecule has 1 N–H and O–H groups in total. The highest BCUT2D eigenvalue weighted by Crippen LogP contribution is 2.29. The van der Waals surface area contributed by atoms with Crippen LogP contribution in [0.5, 0.6) is 0 Å². The van der Waals surface area contributed by atoms with Crippen LogP contribution in [0.1, 0.15) is 16.8 Å². The number of aromatic nitrogens is 2. The zero-order valence-corrected chi connectivity index (χ0v) is 14.7. The van der Waals surface area contributed by atoms with Crippen molar-refractivity contribution >= 4 is 29.1 Å². The molecule has 1 aromatic carbocycles. The van der Waals surface area contributed by atoms with E-state index in [1.165, 1.54) is 28.8 Å². The van der Waals surface area contributed by atoms with Gasteiger partial charge in [0.25, 0.3) is 0 Å². The van der Waals surface area contributed by atoms with Crippen molar-refractivity contribution in [3.8, 4) is 0 Å². The Bertz CT molecular complexity index is 853. The van der Waals surface area contributed by atoms with Crippen LogP contribution < -0.4 is 5.32 Å². The van der Waals surface area contributed by atoms with Gasteiger partial charge < -0.3 is 9.88 Å². The second kappa shape index (κ2) is 7.49. The summed E-state index contributed by atoms with van der Waals surface area (Å²) in [6.07, 6.45) is 3.71. The lowest BCUT2D eigenvalue weighted by atomic mass is 10.2. The minimum Gasteiger partial charge on any atom is -0.364 e. The highest BCUT2D eigenvalue weighted by molar-refractivity contribution is 5.93. The average molecular weight is 346 g/mol. The first-order chi connectivity index (χ1) is 11.1. The Kier molecular flexibility index (Phi) is 5.62. The Morgan fingerprint density at radius 2 is 1.92 bits per heavy atom. The summed E-state index contributed by atoms with van der Waals surface area (Å²) in [7, 11) is 0. The standard InChI is InChI=1S/C19H20FN3.ClH/c1-4-11-23-14(3)13(2)17-9-10-21-19(18(17)23)22-12-15-5-7-16(20)8-6-15;/h4-10H,1,11-12H2,2-3H3,(H,21,22);1H. The van der Waals surface area contributed by atoms with Crippen LogP contribution in [0.3, 0.4) is 0 Å². The molecule has 0 unspecified atom stereocenters. The van der Waals surface area contributed by atoms with E-state index in [2.05, 4.69) is 35.3 Å². The predicted octanol–water partition coefficient (Wildman–Crippen LogP) is 5.01. The van der Waals surface area contributed by atoms with Crippen LogP contribution in [0.25, 0.3) is 10.9 Å². The van der Waals surface area contributed by atoms with E-state index >= 15 is 0 Å². The van der Waals surface area contributed by atoms with Crippen molar-refractivity contribution in [1.29, 1.82) is 0 Å². The largest absolute Gasteiger partial charge is 0.364 e. The van der Waals surface area contributed by atoms with Gasteiger partial charge in [-0.2, -0.15) is 0 Å². The molecule has 0 saturated carbocycles. The molecule has 0 radical (unpaired) electrons. The van der Waals surface area contributed by atoms with E-state index in [0.717, 1.165) is 23.4 Å². The van der Waals surface area contributed by atoms with E-state index < -0.39 is 0 Å². The van der Waals surface area contributed by atoms with Gasteiger partial charge in [0, 0.05) is 30.4 Å². The van der Waals surface area contributed by atoms with E-state index in [4.69, 9.17) is 0 Å². The highest BCUT2D eigenvalue weighted by atomic mass is 35.5. The smallest absolute Gasteiger partial charge is 0.150 e. The number of fused-ring (bicyclic) bond motifs is 1. The molecule has 0 aliphatic heterocycles. The molecule has 3 nitrogen and oxygen atoms in total. The summed E-state index contributed by atoms with van der Waals surface area (Å²) in [5, 5.41) is 4.57. The minimum atomic E-state index is -0.222. The zero-order valence-electron chi connectivity index (χ0n) is 13.8. The molecule has 0 amide bonds. The second-order valence-electron chi connectivity index (χ2n) is 5.65. The fourth-order valence-corrected chi connectivity index (χ4v) is 2.87. The number of pyridine rings is 1. The van der Waals surface area contributed by atoms with Crippen molar-refractivity contribution in [3.05, 3.63) is 71.8 Å². The number of nitrogens with one attached hydrogen (secondary N) is 1. The van der Waals surface area contributed by atoms with Crippen molar-refractivity contribution < 1.29 is 4.39 Å². The molecular weight excluding hydrogens is 325 g/mol. The van der Waals surface area contributed by atoms with Crippen LogP contribution in [0.15, 0.2) is 49.2 Å². The Morgan fingerprint density at radius 3 is 2.58 bits per heavy atom. The van der Waals surface area contributed by atoms with Gasteiger partial charge in [-0.3, -0.25) is 0 Å². The molecule has 0 atom stereocenters. The predicted molar refractivity (Wildman–Crippen MR) is 100 cm³/mol. The summed E-state index contributed by atoms with van der Waals surface area (Å²) in [6, 6.07) is 8.54. The third-order valence-electron chi connectivity index (χ3n) is 4.23. The maximum Gasteiger partial charge on any atom is 0.150 e. The van der Waals surface area contributed by atoms with E-state index in [1.807, 2.05) is 18.3 Å². The number of benzene rings is 1.